The fourth-order valence-corrected chi connectivity index (χ4v) is 5.38. The molecule has 2 heterocycles. The molecule has 1 amide bonds. The first kappa shape index (κ1) is 18.0. The van der Waals surface area contributed by atoms with E-state index in [1.165, 1.54) is 12.1 Å². The Bertz CT molecular complexity index is 931. The molecule has 3 rings (SSSR count). The largest absolute Gasteiger partial charge is 0.346 e. The molecule has 1 fully saturated rings. The quantitative estimate of drug-likeness (QED) is 0.765. The number of nitrogens with one attached hydrogen (secondary N) is 1. The third-order valence-electron chi connectivity index (χ3n) is 4.11. The van der Waals surface area contributed by atoms with Crippen LogP contribution in [0.15, 0.2) is 41.0 Å². The fourth-order valence-electron chi connectivity index (χ4n) is 2.85. The number of aromatic nitrogens is 1. The van der Waals surface area contributed by atoms with Gasteiger partial charge in [0.1, 0.15) is 10.4 Å². The van der Waals surface area contributed by atoms with Crippen LogP contribution in [0.25, 0.3) is 11.3 Å². The number of pyridine rings is 1. The standard InChI is InChI=1S/C17H16BrFN2O3S/c1-17(6-7-25(23,24)10-17)21-16(22)12-8-14(20-15(18)9-12)11-2-4-13(19)5-3-11/h2-5,8-9H,6-7,10H2,1H3,(H,21,22). The Labute approximate surface area is 153 Å². The molecule has 5 nitrogen and oxygen atoms in total. The number of halogens is 2. The van der Waals surface area contributed by atoms with E-state index in [4.69, 9.17) is 0 Å². The van der Waals surface area contributed by atoms with Crippen molar-refractivity contribution < 1.29 is 17.6 Å². The minimum absolute atomic E-state index is 0.0667. The highest BCUT2D eigenvalue weighted by atomic mass is 79.9. The van der Waals surface area contributed by atoms with Crippen LogP contribution in [0.3, 0.4) is 0 Å². The average Bonchev–Trinajstić information content (AvgIpc) is 2.80. The van der Waals surface area contributed by atoms with Crippen LogP contribution in [0.1, 0.15) is 23.7 Å². The number of hydrogen-bond acceptors (Lipinski definition) is 4. The van der Waals surface area contributed by atoms with Crippen LogP contribution in [0.5, 0.6) is 0 Å². The van der Waals surface area contributed by atoms with E-state index in [0.717, 1.165) is 0 Å². The summed E-state index contributed by atoms with van der Waals surface area (Å²) in [4.78, 5) is 16.9. The van der Waals surface area contributed by atoms with Crippen LogP contribution in [0, 0.1) is 5.82 Å². The highest BCUT2D eigenvalue weighted by Gasteiger charge is 2.39. The molecule has 1 aromatic carbocycles. The number of benzene rings is 1. The van der Waals surface area contributed by atoms with E-state index in [1.54, 1.807) is 31.2 Å². The Kier molecular flexibility index (Phi) is 4.68. The van der Waals surface area contributed by atoms with Crippen LogP contribution >= 0.6 is 15.9 Å². The van der Waals surface area contributed by atoms with Gasteiger partial charge in [-0.2, -0.15) is 0 Å². The van der Waals surface area contributed by atoms with Crippen LogP contribution in [0.2, 0.25) is 0 Å². The summed E-state index contributed by atoms with van der Waals surface area (Å²) in [6, 6.07) is 8.97. The van der Waals surface area contributed by atoms with Gasteiger partial charge in [0, 0.05) is 11.1 Å². The Morgan fingerprint density at radius 3 is 2.56 bits per heavy atom. The smallest absolute Gasteiger partial charge is 0.251 e. The number of carbonyl (C=O) groups is 1. The van der Waals surface area contributed by atoms with Gasteiger partial charge in [0.15, 0.2) is 9.84 Å². The number of hydrogen-bond donors (Lipinski definition) is 1. The number of carbonyl (C=O) groups excluding carboxylic acids is 1. The Morgan fingerprint density at radius 2 is 1.96 bits per heavy atom. The summed E-state index contributed by atoms with van der Waals surface area (Å²) in [7, 11) is -3.12. The Balaban J connectivity index is 1.87. The molecular weight excluding hydrogens is 411 g/mol. The summed E-state index contributed by atoms with van der Waals surface area (Å²) in [6.45, 7) is 1.73. The first-order chi connectivity index (χ1) is 11.7. The minimum Gasteiger partial charge on any atom is -0.346 e. The fraction of sp³-hybridized carbons (Fsp3) is 0.294. The zero-order valence-electron chi connectivity index (χ0n) is 13.4. The van der Waals surface area contributed by atoms with E-state index < -0.39 is 15.4 Å². The monoisotopic (exact) mass is 426 g/mol. The normalized spacial score (nSPS) is 21.9. The molecule has 2 aromatic rings. The second-order valence-corrected chi connectivity index (χ2v) is 9.42. The molecular formula is C17H16BrFN2O3S. The van der Waals surface area contributed by atoms with E-state index in [2.05, 4.69) is 26.2 Å². The lowest BCUT2D eigenvalue weighted by atomic mass is 10.0. The SMILES string of the molecule is CC1(NC(=O)c2cc(Br)nc(-c3ccc(F)cc3)c2)CCS(=O)(=O)C1. The van der Waals surface area contributed by atoms with Gasteiger partial charge in [-0.3, -0.25) is 4.79 Å². The van der Waals surface area contributed by atoms with Gasteiger partial charge in [-0.15, -0.1) is 0 Å². The van der Waals surface area contributed by atoms with Gasteiger partial charge in [-0.05, 0) is 65.7 Å². The van der Waals surface area contributed by atoms with Gasteiger partial charge in [0.25, 0.3) is 5.91 Å². The number of amides is 1. The van der Waals surface area contributed by atoms with E-state index in [9.17, 15) is 17.6 Å². The third-order valence-corrected chi connectivity index (χ3v) is 6.42. The highest BCUT2D eigenvalue weighted by Crippen LogP contribution is 2.25. The van der Waals surface area contributed by atoms with Crippen molar-refractivity contribution in [3.05, 3.63) is 52.4 Å². The zero-order valence-corrected chi connectivity index (χ0v) is 15.8. The molecule has 132 valence electrons. The van der Waals surface area contributed by atoms with E-state index in [1.807, 2.05) is 0 Å². The van der Waals surface area contributed by atoms with Gasteiger partial charge >= 0.3 is 0 Å². The second kappa shape index (κ2) is 6.49. The third kappa shape index (κ3) is 4.24. The first-order valence-electron chi connectivity index (χ1n) is 7.62. The van der Waals surface area contributed by atoms with Crippen LogP contribution in [0.4, 0.5) is 4.39 Å². The summed E-state index contributed by atoms with van der Waals surface area (Å²) < 4.78 is 36.9. The van der Waals surface area contributed by atoms with Crippen molar-refractivity contribution in [3.8, 4) is 11.3 Å². The van der Waals surface area contributed by atoms with Gasteiger partial charge in [0.05, 0.1) is 22.7 Å². The van der Waals surface area contributed by atoms with Gasteiger partial charge in [-0.25, -0.2) is 17.8 Å². The topological polar surface area (TPSA) is 76.1 Å². The van der Waals surface area contributed by atoms with Crippen molar-refractivity contribution in [2.45, 2.75) is 18.9 Å². The zero-order chi connectivity index (χ0) is 18.2. The van der Waals surface area contributed by atoms with E-state index in [-0.39, 0.29) is 23.2 Å². The van der Waals surface area contributed by atoms with Crippen molar-refractivity contribution in [3.63, 3.8) is 0 Å². The molecule has 0 aliphatic carbocycles. The molecule has 25 heavy (non-hydrogen) atoms. The minimum atomic E-state index is -3.12. The Hall–Kier alpha value is -1.80. The van der Waals surface area contributed by atoms with Crippen molar-refractivity contribution in [2.75, 3.05) is 11.5 Å². The number of sulfone groups is 1. The summed E-state index contributed by atoms with van der Waals surface area (Å²) in [6.07, 6.45) is 0.387. The predicted octanol–water partition coefficient (Wildman–Crippen LogP) is 2.96. The molecule has 1 N–H and O–H groups in total. The predicted molar refractivity (Wildman–Crippen MR) is 96.5 cm³/mol. The van der Waals surface area contributed by atoms with Crippen molar-refractivity contribution >= 4 is 31.7 Å². The maximum atomic E-state index is 13.1. The van der Waals surface area contributed by atoms with Crippen LogP contribution in [-0.4, -0.2) is 36.4 Å². The molecule has 1 aliphatic rings. The lowest BCUT2D eigenvalue weighted by Crippen LogP contribution is -2.46. The molecule has 1 saturated heterocycles. The maximum Gasteiger partial charge on any atom is 0.251 e. The van der Waals surface area contributed by atoms with Crippen molar-refractivity contribution in [1.82, 2.24) is 10.3 Å². The summed E-state index contributed by atoms with van der Waals surface area (Å²) in [5, 5.41) is 2.82. The molecule has 0 spiro atoms. The van der Waals surface area contributed by atoms with Gasteiger partial charge in [0.2, 0.25) is 0 Å². The highest BCUT2D eigenvalue weighted by molar-refractivity contribution is 9.10. The van der Waals surface area contributed by atoms with Gasteiger partial charge in [-0.1, -0.05) is 0 Å². The second-order valence-electron chi connectivity index (χ2n) is 6.43. The molecule has 0 radical (unpaired) electrons. The molecule has 0 bridgehead atoms. The van der Waals surface area contributed by atoms with Crippen molar-refractivity contribution in [1.29, 1.82) is 0 Å². The summed E-state index contributed by atoms with van der Waals surface area (Å²) >= 11 is 3.28. The Morgan fingerprint density at radius 1 is 1.28 bits per heavy atom. The van der Waals surface area contributed by atoms with E-state index in [0.29, 0.717) is 27.8 Å². The number of nitrogens with zero attached hydrogens (tertiary/aromatic N) is 1. The molecule has 1 unspecified atom stereocenters. The van der Waals surface area contributed by atoms with Crippen LogP contribution in [-0.2, 0) is 9.84 Å². The van der Waals surface area contributed by atoms with E-state index >= 15 is 0 Å². The molecule has 0 saturated carbocycles. The molecule has 1 aliphatic heterocycles. The molecule has 1 aromatic heterocycles. The average molecular weight is 427 g/mol. The lowest BCUT2D eigenvalue weighted by Gasteiger charge is -2.24. The lowest BCUT2D eigenvalue weighted by molar-refractivity contribution is 0.0915. The molecule has 1 atom stereocenters. The summed E-state index contributed by atoms with van der Waals surface area (Å²) in [5.74, 6) is -0.717. The van der Waals surface area contributed by atoms with Gasteiger partial charge < -0.3 is 5.32 Å². The van der Waals surface area contributed by atoms with Crippen molar-refractivity contribution in [2.24, 2.45) is 0 Å². The number of rotatable bonds is 3. The van der Waals surface area contributed by atoms with Crippen LogP contribution < -0.4 is 5.32 Å². The molecule has 8 heteroatoms. The maximum absolute atomic E-state index is 13.1. The summed E-state index contributed by atoms with van der Waals surface area (Å²) in [5.41, 5.74) is 0.767. The first-order valence-corrected chi connectivity index (χ1v) is 10.2.